The van der Waals surface area contributed by atoms with Crippen LogP contribution in [0.4, 0.5) is 0 Å². The summed E-state index contributed by atoms with van der Waals surface area (Å²) in [6, 6.07) is 13.1. The van der Waals surface area contributed by atoms with Crippen LogP contribution in [0.15, 0.2) is 48.7 Å². The van der Waals surface area contributed by atoms with Crippen molar-refractivity contribution in [3.05, 3.63) is 59.8 Å². The number of thiazole rings is 1. The Morgan fingerprint density at radius 1 is 1.13 bits per heavy atom. The van der Waals surface area contributed by atoms with E-state index in [9.17, 15) is 9.59 Å². The van der Waals surface area contributed by atoms with Gasteiger partial charge in [0.05, 0.1) is 15.9 Å². The van der Waals surface area contributed by atoms with Gasteiger partial charge in [0.1, 0.15) is 0 Å². The number of amides is 2. The van der Waals surface area contributed by atoms with Gasteiger partial charge in [-0.1, -0.05) is 23.5 Å². The minimum atomic E-state index is -0.115. The lowest BCUT2D eigenvalue weighted by Gasteiger charge is -2.07. The summed E-state index contributed by atoms with van der Waals surface area (Å²) in [5, 5.41) is 5.52. The summed E-state index contributed by atoms with van der Waals surface area (Å²) in [7, 11) is 1.61. The highest BCUT2D eigenvalue weighted by atomic mass is 32.1. The third-order valence-electron chi connectivity index (χ3n) is 4.91. The summed E-state index contributed by atoms with van der Waals surface area (Å²) in [4.78, 5) is 29.6. The Kier molecular flexibility index (Phi) is 5.52. The predicted molar refractivity (Wildman–Crippen MR) is 120 cm³/mol. The van der Waals surface area contributed by atoms with E-state index in [0.29, 0.717) is 17.7 Å². The van der Waals surface area contributed by atoms with Crippen LogP contribution < -0.4 is 16.4 Å². The molecule has 2 amide bonds. The monoisotopic (exact) mass is 421 g/mol. The van der Waals surface area contributed by atoms with Crippen molar-refractivity contribution in [1.29, 1.82) is 0 Å². The minimum Gasteiger partial charge on any atom is -0.355 e. The molecule has 0 saturated carbocycles. The van der Waals surface area contributed by atoms with Gasteiger partial charge in [-0.05, 0) is 43.7 Å². The number of rotatable bonds is 6. The Labute approximate surface area is 177 Å². The van der Waals surface area contributed by atoms with Crippen molar-refractivity contribution in [1.82, 2.24) is 20.0 Å². The van der Waals surface area contributed by atoms with Gasteiger partial charge < -0.3 is 16.4 Å². The van der Waals surface area contributed by atoms with Crippen LogP contribution in [0.3, 0.4) is 0 Å². The van der Waals surface area contributed by atoms with Crippen LogP contribution in [0.25, 0.3) is 26.4 Å². The van der Waals surface area contributed by atoms with E-state index in [1.54, 1.807) is 19.2 Å². The molecule has 0 fully saturated rings. The van der Waals surface area contributed by atoms with E-state index in [1.807, 2.05) is 47.9 Å². The summed E-state index contributed by atoms with van der Waals surface area (Å²) in [5.41, 5.74) is 9.75. The van der Waals surface area contributed by atoms with E-state index in [2.05, 4.69) is 10.6 Å². The first-order valence-corrected chi connectivity index (χ1v) is 10.6. The number of hydrogen-bond donors (Lipinski definition) is 3. The van der Waals surface area contributed by atoms with Crippen LogP contribution in [0.2, 0.25) is 0 Å². The Morgan fingerprint density at radius 3 is 2.57 bits per heavy atom. The van der Waals surface area contributed by atoms with Crippen molar-refractivity contribution < 1.29 is 9.59 Å². The zero-order valence-corrected chi connectivity index (χ0v) is 17.6. The minimum absolute atomic E-state index is 0.0621. The number of nitrogens with zero attached hydrogens (tertiary/aromatic N) is 2. The smallest absolute Gasteiger partial charge is 0.251 e. The number of imidazole rings is 1. The molecule has 0 radical (unpaired) electrons. The molecule has 0 spiro atoms. The first kappa shape index (κ1) is 20.1. The summed E-state index contributed by atoms with van der Waals surface area (Å²) < 4.78 is 3.03. The van der Waals surface area contributed by atoms with Gasteiger partial charge in [0.25, 0.3) is 11.8 Å². The van der Waals surface area contributed by atoms with E-state index >= 15 is 0 Å². The van der Waals surface area contributed by atoms with Crippen molar-refractivity contribution in [2.24, 2.45) is 5.73 Å². The van der Waals surface area contributed by atoms with Crippen LogP contribution in [-0.2, 0) is 0 Å². The standard InChI is InChI=1S/C22H23N5O2S/c1-13(23)9-10-25-21(29)16-7-8-18-19(11-16)30-22-26-17(12-27(18)22)14-3-5-15(6-4-14)20(28)24-2/h3-8,11-13H,9-10,23H2,1-2H3,(H,24,28)(H,25,29). The molecule has 7 nitrogen and oxygen atoms in total. The molecule has 1 atom stereocenters. The van der Waals surface area contributed by atoms with Crippen molar-refractivity contribution in [2.45, 2.75) is 19.4 Å². The topological polar surface area (TPSA) is 102 Å². The Morgan fingerprint density at radius 2 is 1.87 bits per heavy atom. The molecule has 4 N–H and O–H groups in total. The largest absolute Gasteiger partial charge is 0.355 e. The van der Waals surface area contributed by atoms with Gasteiger partial charge in [-0.15, -0.1) is 0 Å². The molecule has 30 heavy (non-hydrogen) atoms. The van der Waals surface area contributed by atoms with Crippen molar-refractivity contribution >= 4 is 38.3 Å². The third kappa shape index (κ3) is 3.92. The molecule has 0 bridgehead atoms. The number of hydrogen-bond acceptors (Lipinski definition) is 5. The number of carbonyl (C=O) groups excluding carboxylic acids is 2. The van der Waals surface area contributed by atoms with Crippen LogP contribution in [0, 0.1) is 0 Å². The van der Waals surface area contributed by atoms with Gasteiger partial charge in [-0.25, -0.2) is 4.98 Å². The van der Waals surface area contributed by atoms with Crippen LogP contribution in [0.5, 0.6) is 0 Å². The highest BCUT2D eigenvalue weighted by Gasteiger charge is 2.13. The lowest BCUT2D eigenvalue weighted by atomic mass is 10.1. The van der Waals surface area contributed by atoms with E-state index in [4.69, 9.17) is 10.7 Å². The average Bonchev–Trinajstić information content (AvgIpc) is 3.30. The van der Waals surface area contributed by atoms with Crippen molar-refractivity contribution in [3.63, 3.8) is 0 Å². The number of aromatic nitrogens is 2. The molecule has 0 saturated heterocycles. The maximum absolute atomic E-state index is 12.4. The fourth-order valence-corrected chi connectivity index (χ4v) is 4.28. The van der Waals surface area contributed by atoms with Gasteiger partial charge in [0.2, 0.25) is 0 Å². The molecular formula is C22H23N5O2S. The molecule has 2 aromatic carbocycles. The number of nitrogens with two attached hydrogens (primary N) is 1. The van der Waals surface area contributed by atoms with Gasteiger partial charge in [-0.3, -0.25) is 14.0 Å². The molecule has 1 unspecified atom stereocenters. The molecule has 0 aliphatic heterocycles. The fraction of sp³-hybridized carbons (Fsp3) is 0.227. The number of benzene rings is 2. The quantitative estimate of drug-likeness (QED) is 0.445. The predicted octanol–water partition coefficient (Wildman–Crippen LogP) is 3.04. The van der Waals surface area contributed by atoms with Gasteiger partial charge >= 0.3 is 0 Å². The van der Waals surface area contributed by atoms with E-state index < -0.39 is 0 Å². The third-order valence-corrected chi connectivity index (χ3v) is 5.93. The molecule has 4 rings (SSSR count). The van der Waals surface area contributed by atoms with Crippen LogP contribution in [-0.4, -0.2) is 40.8 Å². The Bertz CT molecular complexity index is 1220. The molecule has 0 aliphatic rings. The molecular weight excluding hydrogens is 398 g/mol. The average molecular weight is 422 g/mol. The van der Waals surface area contributed by atoms with Crippen molar-refractivity contribution in [2.75, 3.05) is 13.6 Å². The first-order chi connectivity index (χ1) is 14.5. The van der Waals surface area contributed by atoms with Gasteiger partial charge in [-0.2, -0.15) is 0 Å². The summed E-state index contributed by atoms with van der Waals surface area (Å²) >= 11 is 1.54. The second-order valence-electron chi connectivity index (χ2n) is 7.24. The number of carbonyl (C=O) groups is 2. The van der Waals surface area contributed by atoms with Crippen molar-refractivity contribution in [3.8, 4) is 11.3 Å². The molecule has 4 aromatic rings. The summed E-state index contributed by atoms with van der Waals surface area (Å²) in [6.07, 6.45) is 2.72. The lowest BCUT2D eigenvalue weighted by Crippen LogP contribution is -2.28. The second-order valence-corrected chi connectivity index (χ2v) is 8.25. The Hall–Kier alpha value is -3.23. The van der Waals surface area contributed by atoms with Crippen LogP contribution in [0.1, 0.15) is 34.1 Å². The first-order valence-electron chi connectivity index (χ1n) is 9.74. The maximum Gasteiger partial charge on any atom is 0.251 e. The van der Waals surface area contributed by atoms with E-state index in [-0.39, 0.29) is 17.9 Å². The van der Waals surface area contributed by atoms with Gasteiger partial charge in [0.15, 0.2) is 4.96 Å². The SMILES string of the molecule is CNC(=O)c1ccc(-c2cn3c(n2)sc2cc(C(=O)NCCC(C)N)ccc23)cc1. The maximum atomic E-state index is 12.4. The molecule has 2 aromatic heterocycles. The number of nitrogens with one attached hydrogen (secondary N) is 2. The normalized spacial score (nSPS) is 12.2. The van der Waals surface area contributed by atoms with Gasteiger partial charge in [0, 0.05) is 42.5 Å². The lowest BCUT2D eigenvalue weighted by molar-refractivity contribution is 0.0948. The van der Waals surface area contributed by atoms with E-state index in [0.717, 1.165) is 32.9 Å². The van der Waals surface area contributed by atoms with Crippen LogP contribution >= 0.6 is 11.3 Å². The molecule has 154 valence electrons. The molecule has 0 aliphatic carbocycles. The second kappa shape index (κ2) is 8.25. The fourth-order valence-electron chi connectivity index (χ4n) is 3.23. The summed E-state index contributed by atoms with van der Waals surface area (Å²) in [6.45, 7) is 2.48. The number of fused-ring (bicyclic) bond motifs is 3. The Balaban J connectivity index is 1.58. The molecule has 2 heterocycles. The zero-order valence-electron chi connectivity index (χ0n) is 16.8. The summed E-state index contributed by atoms with van der Waals surface area (Å²) in [5.74, 6) is -0.212. The highest BCUT2D eigenvalue weighted by molar-refractivity contribution is 7.23. The zero-order chi connectivity index (χ0) is 21.3. The highest BCUT2D eigenvalue weighted by Crippen LogP contribution is 2.30. The molecule has 8 heteroatoms. The van der Waals surface area contributed by atoms with E-state index in [1.165, 1.54) is 11.3 Å².